The van der Waals surface area contributed by atoms with E-state index in [0.29, 0.717) is 13.0 Å². The van der Waals surface area contributed by atoms with Crippen molar-refractivity contribution < 1.29 is 19.1 Å². The molecule has 7 nitrogen and oxygen atoms in total. The summed E-state index contributed by atoms with van der Waals surface area (Å²) in [5.41, 5.74) is 3.56. The molecule has 7 heteroatoms. The highest BCUT2D eigenvalue weighted by atomic mass is 16.6. The van der Waals surface area contributed by atoms with Crippen molar-refractivity contribution in [1.29, 1.82) is 0 Å². The number of amides is 3. The van der Waals surface area contributed by atoms with Gasteiger partial charge in [-0.15, -0.1) is 0 Å². The maximum absolute atomic E-state index is 13.2. The van der Waals surface area contributed by atoms with Gasteiger partial charge >= 0.3 is 6.09 Å². The molecule has 1 aliphatic rings. The lowest BCUT2D eigenvalue weighted by Gasteiger charge is -2.25. The second-order valence-corrected chi connectivity index (χ2v) is 11.4. The van der Waals surface area contributed by atoms with E-state index in [-0.39, 0.29) is 5.91 Å². The van der Waals surface area contributed by atoms with Crippen LogP contribution in [-0.2, 0) is 20.7 Å². The van der Waals surface area contributed by atoms with E-state index in [4.69, 9.17) is 4.74 Å². The number of benzene rings is 1. The average molecular weight is 502 g/mol. The summed E-state index contributed by atoms with van der Waals surface area (Å²) in [6, 6.07) is 2.54. The minimum Gasteiger partial charge on any atom is -0.444 e. The molecule has 1 aliphatic carbocycles. The quantitative estimate of drug-likeness (QED) is 0.392. The molecule has 0 aliphatic heterocycles. The first-order chi connectivity index (χ1) is 16.9. The predicted octanol–water partition coefficient (Wildman–Crippen LogP) is 5.03. The molecule has 0 bridgehead atoms. The van der Waals surface area contributed by atoms with Crippen LogP contribution >= 0.6 is 0 Å². The Kier molecular flexibility index (Phi) is 11.3. The molecule has 2 atom stereocenters. The summed E-state index contributed by atoms with van der Waals surface area (Å²) in [7, 11) is 0. The zero-order valence-electron chi connectivity index (χ0n) is 23.4. The van der Waals surface area contributed by atoms with Gasteiger partial charge in [0.15, 0.2) is 0 Å². The molecule has 0 heterocycles. The van der Waals surface area contributed by atoms with E-state index in [1.807, 2.05) is 20.8 Å². The summed E-state index contributed by atoms with van der Waals surface area (Å²) in [6.45, 7) is 13.6. The number of nitrogens with one attached hydrogen (secondary N) is 3. The third-order valence-electron chi connectivity index (χ3n) is 6.82. The molecule has 2 rings (SSSR count). The van der Waals surface area contributed by atoms with Gasteiger partial charge < -0.3 is 20.7 Å². The fourth-order valence-corrected chi connectivity index (χ4v) is 5.01. The number of carbonyl (C=O) groups is 3. The first-order valence-corrected chi connectivity index (χ1v) is 13.5. The molecule has 1 aromatic carbocycles. The number of alkyl carbamates (subject to hydrolysis) is 1. The topological polar surface area (TPSA) is 96.5 Å². The predicted molar refractivity (Wildman–Crippen MR) is 144 cm³/mol. The lowest BCUT2D eigenvalue weighted by Crippen LogP contribution is -2.54. The van der Waals surface area contributed by atoms with E-state index in [2.05, 4.69) is 28.1 Å². The summed E-state index contributed by atoms with van der Waals surface area (Å²) in [4.78, 5) is 38.4. The molecule has 0 spiro atoms. The highest BCUT2D eigenvalue weighted by molar-refractivity contribution is 5.91. The van der Waals surface area contributed by atoms with Crippen LogP contribution in [-0.4, -0.2) is 42.1 Å². The van der Waals surface area contributed by atoms with Crippen molar-refractivity contribution in [2.24, 2.45) is 5.92 Å². The van der Waals surface area contributed by atoms with Crippen molar-refractivity contribution in [3.8, 4) is 0 Å². The van der Waals surface area contributed by atoms with E-state index < -0.39 is 29.7 Å². The van der Waals surface area contributed by atoms with Crippen LogP contribution in [0, 0.1) is 26.7 Å². The van der Waals surface area contributed by atoms with Crippen molar-refractivity contribution in [3.63, 3.8) is 0 Å². The summed E-state index contributed by atoms with van der Waals surface area (Å²) < 4.78 is 5.39. The lowest BCUT2D eigenvalue weighted by atomic mass is 9.86. The highest BCUT2D eigenvalue weighted by Crippen LogP contribution is 2.27. The molecule has 36 heavy (non-hydrogen) atoms. The SMILES string of the molecule is Cc1cc(C)c(CC(NC(=O)OC(C)(C)C)C(=O)NC(C)C(=O)NCCCC2CCCCC2)c(C)c1. The zero-order valence-corrected chi connectivity index (χ0v) is 23.4. The zero-order chi connectivity index (χ0) is 26.9. The highest BCUT2D eigenvalue weighted by Gasteiger charge is 2.28. The van der Waals surface area contributed by atoms with Crippen LogP contribution in [0.2, 0.25) is 0 Å². The lowest BCUT2D eigenvalue weighted by molar-refractivity contribution is -0.129. The summed E-state index contributed by atoms with van der Waals surface area (Å²) in [5.74, 6) is 0.150. The van der Waals surface area contributed by atoms with E-state index >= 15 is 0 Å². The van der Waals surface area contributed by atoms with E-state index in [9.17, 15) is 14.4 Å². The van der Waals surface area contributed by atoms with Gasteiger partial charge in [-0.3, -0.25) is 9.59 Å². The third kappa shape index (κ3) is 10.2. The van der Waals surface area contributed by atoms with Crippen LogP contribution < -0.4 is 16.0 Å². The van der Waals surface area contributed by atoms with Crippen LogP contribution in [0.15, 0.2) is 12.1 Å². The van der Waals surface area contributed by atoms with Gasteiger partial charge in [-0.2, -0.15) is 0 Å². The van der Waals surface area contributed by atoms with Crippen molar-refractivity contribution in [1.82, 2.24) is 16.0 Å². The molecule has 0 saturated heterocycles. The average Bonchev–Trinajstić information content (AvgIpc) is 2.77. The number of ether oxygens (including phenoxy) is 1. The van der Waals surface area contributed by atoms with Gasteiger partial charge in [0.25, 0.3) is 0 Å². The Bertz CT molecular complexity index is 877. The molecule has 0 aromatic heterocycles. The Morgan fingerprint density at radius 2 is 1.58 bits per heavy atom. The largest absolute Gasteiger partial charge is 0.444 e. The molecule has 1 saturated carbocycles. The first-order valence-electron chi connectivity index (χ1n) is 13.5. The molecule has 202 valence electrons. The minimum absolute atomic E-state index is 0.217. The number of hydrogen-bond donors (Lipinski definition) is 3. The third-order valence-corrected chi connectivity index (χ3v) is 6.82. The Morgan fingerprint density at radius 1 is 0.972 bits per heavy atom. The van der Waals surface area contributed by atoms with Crippen LogP contribution in [0.5, 0.6) is 0 Å². The number of hydrogen-bond acceptors (Lipinski definition) is 4. The summed E-state index contributed by atoms with van der Waals surface area (Å²) >= 11 is 0. The van der Waals surface area contributed by atoms with E-state index in [0.717, 1.165) is 41.0 Å². The van der Waals surface area contributed by atoms with Crippen LogP contribution in [0.25, 0.3) is 0 Å². The smallest absolute Gasteiger partial charge is 0.408 e. The molecule has 0 radical (unpaired) electrons. The maximum atomic E-state index is 13.2. The minimum atomic E-state index is -0.874. The molecule has 3 N–H and O–H groups in total. The summed E-state index contributed by atoms with van der Waals surface area (Å²) in [5, 5.41) is 8.45. The molecular weight excluding hydrogens is 454 g/mol. The Hall–Kier alpha value is -2.57. The van der Waals surface area contributed by atoms with Gasteiger partial charge in [0, 0.05) is 13.0 Å². The van der Waals surface area contributed by atoms with Gasteiger partial charge in [-0.05, 0) is 83.9 Å². The van der Waals surface area contributed by atoms with Crippen molar-refractivity contribution >= 4 is 17.9 Å². The number of aryl methyl sites for hydroxylation is 3. The molecular formula is C29H47N3O4. The van der Waals surface area contributed by atoms with Crippen LogP contribution in [0.1, 0.15) is 94.9 Å². The van der Waals surface area contributed by atoms with Gasteiger partial charge in [0.1, 0.15) is 17.7 Å². The van der Waals surface area contributed by atoms with E-state index in [1.165, 1.54) is 32.1 Å². The second kappa shape index (κ2) is 13.7. The Labute approximate surface area is 217 Å². The van der Waals surface area contributed by atoms with Gasteiger partial charge in [-0.25, -0.2) is 4.79 Å². The molecule has 1 aromatic rings. The molecule has 2 unspecified atom stereocenters. The monoisotopic (exact) mass is 501 g/mol. The number of rotatable bonds is 10. The maximum Gasteiger partial charge on any atom is 0.408 e. The summed E-state index contributed by atoms with van der Waals surface area (Å²) in [6.07, 6.45) is 8.31. The molecule has 3 amide bonds. The van der Waals surface area contributed by atoms with Crippen LogP contribution in [0.4, 0.5) is 4.79 Å². The number of carbonyl (C=O) groups excluding carboxylic acids is 3. The fourth-order valence-electron chi connectivity index (χ4n) is 5.01. The van der Waals surface area contributed by atoms with Crippen molar-refractivity contribution in [2.45, 2.75) is 118 Å². The van der Waals surface area contributed by atoms with Crippen molar-refractivity contribution in [3.05, 3.63) is 34.4 Å². The van der Waals surface area contributed by atoms with Gasteiger partial charge in [0.2, 0.25) is 11.8 Å². The van der Waals surface area contributed by atoms with Crippen LogP contribution in [0.3, 0.4) is 0 Å². The standard InChI is InChI=1S/C29H47N3O4/c1-19-16-20(2)24(21(3)17-19)18-25(32-28(35)36-29(5,6)7)27(34)31-22(4)26(33)30-15-11-14-23-12-9-8-10-13-23/h16-17,22-23,25H,8-15,18H2,1-7H3,(H,30,33)(H,31,34)(H,32,35). The molecule has 1 fully saturated rings. The Balaban J connectivity index is 1.98. The normalized spacial score (nSPS) is 16.1. The van der Waals surface area contributed by atoms with E-state index in [1.54, 1.807) is 27.7 Å². The van der Waals surface area contributed by atoms with Gasteiger partial charge in [-0.1, -0.05) is 49.8 Å². The Morgan fingerprint density at radius 3 is 2.17 bits per heavy atom. The fraction of sp³-hybridized carbons (Fsp3) is 0.690. The second-order valence-electron chi connectivity index (χ2n) is 11.4. The van der Waals surface area contributed by atoms with Gasteiger partial charge in [0.05, 0.1) is 0 Å². The first kappa shape index (κ1) is 29.7. The van der Waals surface area contributed by atoms with Crippen molar-refractivity contribution in [2.75, 3.05) is 6.54 Å².